The summed E-state index contributed by atoms with van der Waals surface area (Å²) in [5, 5.41) is 4.71. The summed E-state index contributed by atoms with van der Waals surface area (Å²) < 4.78 is 5.45. The molecule has 0 aliphatic carbocycles. The lowest BCUT2D eigenvalue weighted by atomic mass is 10.2. The molecule has 0 spiro atoms. The van der Waals surface area contributed by atoms with E-state index in [1.807, 2.05) is 0 Å². The van der Waals surface area contributed by atoms with E-state index in [2.05, 4.69) is 5.32 Å². The van der Waals surface area contributed by atoms with Crippen molar-refractivity contribution in [1.82, 2.24) is 0 Å². The summed E-state index contributed by atoms with van der Waals surface area (Å²) in [6.07, 6.45) is 0.163. The number of halogens is 5. The van der Waals surface area contributed by atoms with Gasteiger partial charge in [0.2, 0.25) is 5.91 Å². The number of hydrogen-bond donors (Lipinski definition) is 1. The van der Waals surface area contributed by atoms with E-state index in [4.69, 9.17) is 62.7 Å². The first-order valence-electron chi connectivity index (χ1n) is 6.83. The molecule has 0 aliphatic heterocycles. The second-order valence-corrected chi connectivity index (χ2v) is 6.81. The molecular formula is C16H12Cl5NO2. The van der Waals surface area contributed by atoms with E-state index in [1.54, 1.807) is 30.3 Å². The van der Waals surface area contributed by atoms with E-state index in [0.717, 1.165) is 0 Å². The topological polar surface area (TPSA) is 38.3 Å². The molecule has 0 aliphatic rings. The molecule has 1 N–H and O–H groups in total. The highest BCUT2D eigenvalue weighted by Gasteiger charge is 2.10. The zero-order valence-electron chi connectivity index (χ0n) is 12.2. The van der Waals surface area contributed by atoms with Crippen molar-refractivity contribution in [2.24, 2.45) is 0 Å². The maximum absolute atomic E-state index is 11.9. The largest absolute Gasteiger partial charge is 0.376 e. The van der Waals surface area contributed by atoms with Crippen molar-refractivity contribution < 1.29 is 9.53 Å². The molecule has 1 amide bonds. The van der Waals surface area contributed by atoms with Crippen LogP contribution >= 0.6 is 58.0 Å². The van der Waals surface area contributed by atoms with E-state index >= 15 is 0 Å². The zero-order valence-corrected chi connectivity index (χ0v) is 16.0. The van der Waals surface area contributed by atoms with Crippen molar-refractivity contribution >= 4 is 69.6 Å². The molecule has 24 heavy (non-hydrogen) atoms. The Morgan fingerprint density at radius 3 is 2.29 bits per heavy atom. The minimum absolute atomic E-state index is 0.163. The zero-order chi connectivity index (χ0) is 17.7. The number of carbonyl (C=O) groups excluding carboxylic acids is 1. The smallest absolute Gasteiger partial charge is 0.226 e. The first-order chi connectivity index (χ1) is 11.4. The fraction of sp³-hybridized carbons (Fsp3) is 0.188. The van der Waals surface area contributed by atoms with Crippen LogP contribution in [0.4, 0.5) is 5.69 Å². The van der Waals surface area contributed by atoms with Crippen LogP contribution in [-0.4, -0.2) is 12.5 Å². The quantitative estimate of drug-likeness (QED) is 0.422. The van der Waals surface area contributed by atoms with Gasteiger partial charge in [0, 0.05) is 16.3 Å². The fourth-order valence-corrected chi connectivity index (χ4v) is 2.79. The van der Waals surface area contributed by atoms with E-state index in [9.17, 15) is 4.79 Å². The average molecular weight is 428 g/mol. The predicted octanol–water partition coefficient (Wildman–Crippen LogP) is 6.50. The number of ether oxygens (including phenoxy) is 1. The number of rotatable bonds is 6. The normalized spacial score (nSPS) is 10.7. The van der Waals surface area contributed by atoms with Gasteiger partial charge in [0.1, 0.15) is 0 Å². The van der Waals surface area contributed by atoms with Crippen LogP contribution in [0.25, 0.3) is 0 Å². The summed E-state index contributed by atoms with van der Waals surface area (Å²) in [6, 6.07) is 8.11. The number of benzene rings is 2. The van der Waals surface area contributed by atoms with Gasteiger partial charge in [0.25, 0.3) is 0 Å². The Kier molecular flexibility index (Phi) is 7.48. The average Bonchev–Trinajstić information content (AvgIpc) is 2.54. The number of amides is 1. The van der Waals surface area contributed by atoms with Gasteiger partial charge in [-0.25, -0.2) is 0 Å². The molecule has 0 saturated heterocycles. The van der Waals surface area contributed by atoms with Crippen molar-refractivity contribution in [2.75, 3.05) is 11.9 Å². The Morgan fingerprint density at radius 1 is 0.917 bits per heavy atom. The molecule has 8 heteroatoms. The minimum Gasteiger partial charge on any atom is -0.376 e. The first kappa shape index (κ1) is 19.6. The molecule has 0 radical (unpaired) electrons. The fourth-order valence-electron chi connectivity index (χ4n) is 1.84. The first-order valence-corrected chi connectivity index (χ1v) is 8.72. The van der Waals surface area contributed by atoms with E-state index in [0.29, 0.717) is 36.4 Å². The molecule has 2 aromatic carbocycles. The molecule has 0 atom stereocenters. The third-order valence-electron chi connectivity index (χ3n) is 3.06. The lowest BCUT2D eigenvalue weighted by Crippen LogP contribution is -2.14. The van der Waals surface area contributed by atoms with Crippen LogP contribution in [0.2, 0.25) is 25.1 Å². The van der Waals surface area contributed by atoms with Gasteiger partial charge in [0.15, 0.2) is 0 Å². The summed E-state index contributed by atoms with van der Waals surface area (Å²) in [5.74, 6) is -0.211. The molecule has 128 valence electrons. The minimum atomic E-state index is -0.211. The number of carbonyl (C=O) groups is 1. The number of hydrogen-bond acceptors (Lipinski definition) is 2. The van der Waals surface area contributed by atoms with Gasteiger partial charge in [-0.15, -0.1) is 0 Å². The van der Waals surface area contributed by atoms with Gasteiger partial charge in [-0.05, 0) is 30.3 Å². The van der Waals surface area contributed by atoms with Gasteiger partial charge in [-0.1, -0.05) is 58.0 Å². The third-order valence-corrected chi connectivity index (χ3v) is 5.00. The summed E-state index contributed by atoms with van der Waals surface area (Å²) in [5.41, 5.74) is 1.16. The number of nitrogens with one attached hydrogen (secondary N) is 1. The molecule has 2 rings (SSSR count). The molecule has 0 bridgehead atoms. The highest BCUT2D eigenvalue weighted by molar-refractivity contribution is 6.44. The molecule has 3 nitrogen and oxygen atoms in total. The molecule has 0 fully saturated rings. The van der Waals surface area contributed by atoms with Crippen LogP contribution in [0.1, 0.15) is 12.0 Å². The van der Waals surface area contributed by atoms with Crippen LogP contribution in [0.15, 0.2) is 30.3 Å². The molecule has 0 unspecified atom stereocenters. The summed E-state index contributed by atoms with van der Waals surface area (Å²) in [4.78, 5) is 11.9. The van der Waals surface area contributed by atoms with Crippen LogP contribution in [0.5, 0.6) is 0 Å². The predicted molar refractivity (Wildman–Crippen MR) is 101 cm³/mol. The second kappa shape index (κ2) is 9.14. The van der Waals surface area contributed by atoms with Crippen LogP contribution in [0, 0.1) is 0 Å². The lowest BCUT2D eigenvalue weighted by molar-refractivity contribution is -0.117. The van der Waals surface area contributed by atoms with Crippen LogP contribution < -0.4 is 5.32 Å². The summed E-state index contributed by atoms with van der Waals surface area (Å²) in [6.45, 7) is 0.366. The van der Waals surface area contributed by atoms with Gasteiger partial charge < -0.3 is 10.1 Å². The SMILES string of the molecule is O=C(CCOCc1c(Cl)ccc(Cl)c1Cl)Nc1ccc(Cl)c(Cl)c1. The van der Waals surface area contributed by atoms with E-state index in [-0.39, 0.29) is 25.5 Å². The van der Waals surface area contributed by atoms with Crippen molar-refractivity contribution in [1.29, 1.82) is 0 Å². The molecule has 0 saturated carbocycles. The Morgan fingerprint density at radius 2 is 1.58 bits per heavy atom. The standard InChI is InChI=1S/C16H12Cl5NO2/c17-11-3-4-13(19)16(21)10(11)8-24-6-5-15(23)22-9-1-2-12(18)14(20)7-9/h1-4,7H,5-6,8H2,(H,22,23). The second-order valence-electron chi connectivity index (χ2n) is 4.80. The Balaban J connectivity index is 1.81. The maximum atomic E-state index is 11.9. The van der Waals surface area contributed by atoms with Gasteiger partial charge in [-0.3, -0.25) is 4.79 Å². The highest BCUT2D eigenvalue weighted by Crippen LogP contribution is 2.31. The number of anilines is 1. The molecule has 0 heterocycles. The summed E-state index contributed by atoms with van der Waals surface area (Å²) >= 11 is 29.8. The van der Waals surface area contributed by atoms with E-state index < -0.39 is 0 Å². The Labute approximate surface area is 164 Å². The van der Waals surface area contributed by atoms with E-state index in [1.165, 1.54) is 0 Å². The van der Waals surface area contributed by atoms with Crippen LogP contribution in [-0.2, 0) is 16.1 Å². The van der Waals surface area contributed by atoms with Crippen LogP contribution in [0.3, 0.4) is 0 Å². The van der Waals surface area contributed by atoms with Crippen molar-refractivity contribution in [3.8, 4) is 0 Å². The molecule has 2 aromatic rings. The van der Waals surface area contributed by atoms with Crippen molar-refractivity contribution in [2.45, 2.75) is 13.0 Å². The maximum Gasteiger partial charge on any atom is 0.226 e. The lowest BCUT2D eigenvalue weighted by Gasteiger charge is -2.10. The third kappa shape index (κ3) is 5.41. The van der Waals surface area contributed by atoms with Gasteiger partial charge >= 0.3 is 0 Å². The van der Waals surface area contributed by atoms with Gasteiger partial charge in [-0.2, -0.15) is 0 Å². The highest BCUT2D eigenvalue weighted by atomic mass is 35.5. The van der Waals surface area contributed by atoms with Gasteiger partial charge in [0.05, 0.1) is 39.7 Å². The Hall–Kier alpha value is -0.680. The Bertz CT molecular complexity index is 751. The summed E-state index contributed by atoms with van der Waals surface area (Å²) in [7, 11) is 0. The van der Waals surface area contributed by atoms with Crippen molar-refractivity contribution in [3.63, 3.8) is 0 Å². The molecule has 0 aromatic heterocycles. The van der Waals surface area contributed by atoms with Crippen molar-refractivity contribution in [3.05, 3.63) is 61.0 Å². The molecular weight excluding hydrogens is 415 g/mol. The monoisotopic (exact) mass is 425 g/mol.